The van der Waals surface area contributed by atoms with Crippen molar-refractivity contribution < 1.29 is 0 Å². The molecule has 0 N–H and O–H groups in total. The molecule has 0 radical (unpaired) electrons. The molecule has 1 aromatic heterocycles. The lowest BCUT2D eigenvalue weighted by atomic mass is 10.0. The number of hydrogen-bond donors (Lipinski definition) is 0. The molecule has 28 heavy (non-hydrogen) atoms. The van der Waals surface area contributed by atoms with Crippen molar-refractivity contribution in [3.63, 3.8) is 0 Å². The van der Waals surface area contributed by atoms with Crippen LogP contribution in [0.4, 0.5) is 0 Å². The number of hydrogen-bond acceptors (Lipinski definition) is 0. The van der Waals surface area contributed by atoms with E-state index in [9.17, 15) is 0 Å². The Morgan fingerprint density at radius 1 is 0.536 bits per heavy atom. The lowest BCUT2D eigenvalue weighted by Gasteiger charge is -2.10. The lowest BCUT2D eigenvalue weighted by Crippen LogP contribution is -1.93. The minimum Gasteiger partial charge on any atom is -0.309 e. The van der Waals surface area contributed by atoms with Gasteiger partial charge in [-0.3, -0.25) is 0 Å². The van der Waals surface area contributed by atoms with Gasteiger partial charge in [-0.1, -0.05) is 72.3 Å². The quantitative estimate of drug-likeness (QED) is 0.276. The Labute approximate surface area is 167 Å². The fraction of sp³-hybridized carbons (Fsp3) is 0. The van der Waals surface area contributed by atoms with Crippen LogP contribution in [0.25, 0.3) is 49.0 Å². The first-order valence-electron chi connectivity index (χ1n) is 9.40. The first-order valence-corrected chi connectivity index (χ1v) is 9.78. The molecule has 0 unspecified atom stereocenters. The number of aromatic nitrogens is 1. The second kappa shape index (κ2) is 5.85. The Morgan fingerprint density at radius 3 is 2.25 bits per heavy atom. The molecular weight excluding hydrogens is 362 g/mol. The molecule has 2 heteroatoms. The average Bonchev–Trinajstić information content (AvgIpc) is 3.08. The molecule has 0 saturated carbocycles. The minimum atomic E-state index is 0.769. The first-order chi connectivity index (χ1) is 13.8. The van der Waals surface area contributed by atoms with Crippen LogP contribution in [0.15, 0.2) is 97.1 Å². The van der Waals surface area contributed by atoms with Gasteiger partial charge < -0.3 is 4.57 Å². The minimum absolute atomic E-state index is 0.769. The average molecular weight is 378 g/mol. The van der Waals surface area contributed by atoms with E-state index < -0.39 is 0 Å². The molecule has 0 fully saturated rings. The van der Waals surface area contributed by atoms with E-state index in [2.05, 4.69) is 89.5 Å². The fourth-order valence-corrected chi connectivity index (χ4v) is 4.54. The molecule has 0 aliphatic heterocycles. The van der Waals surface area contributed by atoms with Crippen molar-refractivity contribution in [2.24, 2.45) is 0 Å². The molecule has 1 nitrogen and oxygen atoms in total. The third kappa shape index (κ3) is 2.20. The van der Waals surface area contributed by atoms with Gasteiger partial charge in [0.25, 0.3) is 0 Å². The summed E-state index contributed by atoms with van der Waals surface area (Å²) in [6.45, 7) is 0. The number of fused-ring (bicyclic) bond motifs is 6. The van der Waals surface area contributed by atoms with Gasteiger partial charge in [0, 0.05) is 21.5 Å². The van der Waals surface area contributed by atoms with Crippen molar-refractivity contribution in [2.45, 2.75) is 0 Å². The lowest BCUT2D eigenvalue weighted by molar-refractivity contribution is 1.19. The van der Waals surface area contributed by atoms with E-state index >= 15 is 0 Å². The van der Waals surface area contributed by atoms with Gasteiger partial charge in [0.05, 0.1) is 11.0 Å². The molecule has 1 heterocycles. The van der Waals surface area contributed by atoms with Crippen molar-refractivity contribution in [2.75, 3.05) is 0 Å². The monoisotopic (exact) mass is 377 g/mol. The van der Waals surface area contributed by atoms with Crippen LogP contribution in [-0.4, -0.2) is 4.57 Å². The van der Waals surface area contributed by atoms with E-state index in [0.29, 0.717) is 0 Å². The molecular formula is C26H16ClN. The van der Waals surface area contributed by atoms with Crippen molar-refractivity contribution in [1.29, 1.82) is 0 Å². The van der Waals surface area contributed by atoms with E-state index in [0.717, 1.165) is 5.02 Å². The molecule has 0 atom stereocenters. The zero-order valence-electron chi connectivity index (χ0n) is 15.1. The Kier molecular flexibility index (Phi) is 3.29. The normalized spacial score (nSPS) is 11.8. The fourth-order valence-electron chi connectivity index (χ4n) is 4.36. The molecule has 0 saturated heterocycles. The summed E-state index contributed by atoms with van der Waals surface area (Å²) in [7, 11) is 0. The van der Waals surface area contributed by atoms with Gasteiger partial charge in [0.1, 0.15) is 0 Å². The largest absolute Gasteiger partial charge is 0.309 e. The van der Waals surface area contributed by atoms with Gasteiger partial charge in [-0.2, -0.15) is 0 Å². The Bertz CT molecular complexity index is 1520. The highest BCUT2D eigenvalue weighted by Crippen LogP contribution is 2.37. The third-order valence-corrected chi connectivity index (χ3v) is 5.84. The molecule has 0 aliphatic rings. The SMILES string of the molecule is Clc1ccc2c(ccc3c2c2ccccc2n3-c2ccc3ccccc3c2)c1. The smallest absolute Gasteiger partial charge is 0.0547 e. The van der Waals surface area contributed by atoms with Crippen LogP contribution in [0.3, 0.4) is 0 Å². The van der Waals surface area contributed by atoms with Crippen molar-refractivity contribution in [3.05, 3.63) is 102 Å². The summed E-state index contributed by atoms with van der Waals surface area (Å²) in [6.07, 6.45) is 0. The number of rotatable bonds is 1. The summed E-state index contributed by atoms with van der Waals surface area (Å²) in [5, 5.41) is 8.21. The number of para-hydroxylation sites is 1. The number of benzene rings is 5. The van der Waals surface area contributed by atoms with Crippen molar-refractivity contribution in [3.8, 4) is 5.69 Å². The molecule has 0 bridgehead atoms. The van der Waals surface area contributed by atoms with Crippen LogP contribution in [0.5, 0.6) is 0 Å². The zero-order chi connectivity index (χ0) is 18.7. The van der Waals surface area contributed by atoms with Gasteiger partial charge in [0.15, 0.2) is 0 Å². The Hall–Kier alpha value is -3.29. The summed E-state index contributed by atoms with van der Waals surface area (Å²) in [4.78, 5) is 0. The number of nitrogens with zero attached hydrogens (tertiary/aromatic N) is 1. The highest BCUT2D eigenvalue weighted by atomic mass is 35.5. The van der Waals surface area contributed by atoms with Crippen LogP contribution in [0.1, 0.15) is 0 Å². The maximum atomic E-state index is 6.24. The van der Waals surface area contributed by atoms with E-state index in [-0.39, 0.29) is 0 Å². The van der Waals surface area contributed by atoms with Gasteiger partial charge in [0.2, 0.25) is 0 Å². The van der Waals surface area contributed by atoms with Crippen LogP contribution in [-0.2, 0) is 0 Å². The highest BCUT2D eigenvalue weighted by Gasteiger charge is 2.14. The topological polar surface area (TPSA) is 4.93 Å². The van der Waals surface area contributed by atoms with Crippen LogP contribution in [0.2, 0.25) is 5.02 Å². The van der Waals surface area contributed by atoms with Crippen LogP contribution in [0, 0.1) is 0 Å². The Balaban J connectivity index is 1.79. The van der Waals surface area contributed by atoms with Gasteiger partial charge in [-0.15, -0.1) is 0 Å². The van der Waals surface area contributed by atoms with Crippen molar-refractivity contribution >= 4 is 55.0 Å². The van der Waals surface area contributed by atoms with E-state index in [4.69, 9.17) is 11.6 Å². The van der Waals surface area contributed by atoms with Crippen molar-refractivity contribution in [1.82, 2.24) is 4.57 Å². The predicted octanol–water partition coefficient (Wildman–Crippen LogP) is 7.74. The first kappa shape index (κ1) is 15.7. The second-order valence-corrected chi connectivity index (χ2v) is 7.65. The maximum Gasteiger partial charge on any atom is 0.0547 e. The zero-order valence-corrected chi connectivity index (χ0v) is 15.8. The Morgan fingerprint density at radius 2 is 1.32 bits per heavy atom. The third-order valence-electron chi connectivity index (χ3n) is 5.61. The summed E-state index contributed by atoms with van der Waals surface area (Å²) >= 11 is 6.24. The van der Waals surface area contributed by atoms with Gasteiger partial charge >= 0.3 is 0 Å². The molecule has 5 aromatic carbocycles. The highest BCUT2D eigenvalue weighted by molar-refractivity contribution is 6.32. The van der Waals surface area contributed by atoms with E-state index in [1.54, 1.807) is 0 Å². The molecule has 0 spiro atoms. The maximum absolute atomic E-state index is 6.24. The van der Waals surface area contributed by atoms with Crippen LogP contribution >= 0.6 is 11.6 Å². The number of halogens is 1. The molecule has 0 amide bonds. The summed E-state index contributed by atoms with van der Waals surface area (Å²) in [6, 6.07) is 34.3. The molecule has 132 valence electrons. The van der Waals surface area contributed by atoms with E-state index in [1.807, 2.05) is 12.1 Å². The van der Waals surface area contributed by atoms with Gasteiger partial charge in [-0.05, 0) is 57.9 Å². The summed E-state index contributed by atoms with van der Waals surface area (Å²) < 4.78 is 2.37. The van der Waals surface area contributed by atoms with E-state index in [1.165, 1.54) is 49.0 Å². The predicted molar refractivity (Wildman–Crippen MR) is 121 cm³/mol. The summed E-state index contributed by atoms with van der Waals surface area (Å²) in [5.41, 5.74) is 3.61. The van der Waals surface area contributed by atoms with Crippen LogP contribution < -0.4 is 0 Å². The molecule has 0 aliphatic carbocycles. The molecule has 6 rings (SSSR count). The summed E-state index contributed by atoms with van der Waals surface area (Å²) in [5.74, 6) is 0. The second-order valence-electron chi connectivity index (χ2n) is 7.21. The van der Waals surface area contributed by atoms with Gasteiger partial charge in [-0.25, -0.2) is 0 Å². The molecule has 6 aromatic rings. The standard InChI is InChI=1S/C26H16ClN/c27-20-11-13-22-19(15-20)10-14-25-26(22)23-7-3-4-8-24(23)28(25)21-12-9-17-5-1-2-6-18(17)16-21/h1-16H.